The fourth-order valence-electron chi connectivity index (χ4n) is 4.03. The second-order valence-electron chi connectivity index (χ2n) is 8.34. The lowest BCUT2D eigenvalue weighted by atomic mass is 10.1. The van der Waals surface area contributed by atoms with Crippen molar-refractivity contribution in [3.05, 3.63) is 53.6 Å². The van der Waals surface area contributed by atoms with Crippen LogP contribution in [0.2, 0.25) is 0 Å². The molecule has 2 heterocycles. The molecule has 0 aliphatic carbocycles. The average Bonchev–Trinajstić information content (AvgIpc) is 2.81. The fraction of sp³-hybridized carbons (Fsp3) is 0.500. The molecule has 0 fully saturated rings. The Hall–Kier alpha value is -2.84. The molecule has 0 radical (unpaired) electrons. The number of hydrogen-bond donors (Lipinski definition) is 0. The smallest absolute Gasteiger partial charge is 0.257 e. The molecule has 0 spiro atoms. The van der Waals surface area contributed by atoms with Gasteiger partial charge in [-0.05, 0) is 38.8 Å². The van der Waals surface area contributed by atoms with Gasteiger partial charge >= 0.3 is 0 Å². The van der Waals surface area contributed by atoms with Crippen LogP contribution in [0, 0.1) is 6.92 Å². The summed E-state index contributed by atoms with van der Waals surface area (Å²) in [4.78, 5) is 40.6. The van der Waals surface area contributed by atoms with Gasteiger partial charge < -0.3 is 14.5 Å². The number of nitrogens with zero attached hydrogens (tertiary/aromatic N) is 5. The summed E-state index contributed by atoms with van der Waals surface area (Å²) in [7, 11) is 1.53. The van der Waals surface area contributed by atoms with Gasteiger partial charge in [0.15, 0.2) is 0 Å². The van der Waals surface area contributed by atoms with E-state index in [1.54, 1.807) is 11.1 Å². The second-order valence-corrected chi connectivity index (χ2v) is 8.34. The lowest BCUT2D eigenvalue weighted by molar-refractivity contribution is -0.122. The van der Waals surface area contributed by atoms with Gasteiger partial charge in [-0.25, -0.2) is 9.97 Å². The first-order chi connectivity index (χ1) is 15.4. The van der Waals surface area contributed by atoms with Crippen LogP contribution in [0.25, 0.3) is 0 Å². The number of benzene rings is 1. The number of para-hydroxylation sites is 1. The molecular formula is C24H33N5O3. The highest BCUT2D eigenvalue weighted by Gasteiger charge is 2.25. The van der Waals surface area contributed by atoms with Crippen LogP contribution >= 0.6 is 0 Å². The zero-order valence-corrected chi connectivity index (χ0v) is 19.5. The van der Waals surface area contributed by atoms with Crippen molar-refractivity contribution in [2.24, 2.45) is 0 Å². The summed E-state index contributed by atoms with van der Waals surface area (Å²) < 4.78 is 5.13. The van der Waals surface area contributed by atoms with Gasteiger partial charge in [-0.15, -0.1) is 0 Å². The molecule has 8 heteroatoms. The van der Waals surface area contributed by atoms with E-state index < -0.39 is 0 Å². The number of methoxy groups -OCH3 is 1. The number of aromatic nitrogens is 2. The van der Waals surface area contributed by atoms with Crippen molar-refractivity contribution >= 4 is 17.5 Å². The first kappa shape index (κ1) is 23.8. The molecule has 1 aliphatic heterocycles. The molecular weight excluding hydrogens is 406 g/mol. The molecule has 0 bridgehead atoms. The Kier molecular flexibility index (Phi) is 8.30. The molecule has 8 nitrogen and oxygen atoms in total. The van der Waals surface area contributed by atoms with Gasteiger partial charge in [0.25, 0.3) is 11.8 Å². The Morgan fingerprint density at radius 2 is 1.91 bits per heavy atom. The lowest BCUT2D eigenvalue weighted by Gasteiger charge is -2.30. The molecule has 0 unspecified atom stereocenters. The van der Waals surface area contributed by atoms with Crippen LogP contribution < -0.4 is 4.90 Å². The number of hydrogen-bond acceptors (Lipinski definition) is 6. The van der Waals surface area contributed by atoms with Gasteiger partial charge in [0.1, 0.15) is 12.9 Å². The van der Waals surface area contributed by atoms with Gasteiger partial charge in [0.05, 0.1) is 11.3 Å². The quantitative estimate of drug-likeness (QED) is 0.729. The molecule has 172 valence electrons. The van der Waals surface area contributed by atoms with E-state index in [1.807, 2.05) is 36.1 Å². The minimum absolute atomic E-state index is 0.0193. The molecule has 1 aromatic heterocycles. The summed E-state index contributed by atoms with van der Waals surface area (Å²) in [5.41, 5.74) is 2.91. The van der Waals surface area contributed by atoms with E-state index in [-0.39, 0.29) is 18.4 Å². The predicted molar refractivity (Wildman–Crippen MR) is 124 cm³/mol. The van der Waals surface area contributed by atoms with Gasteiger partial charge in [0, 0.05) is 57.8 Å². The number of carbonyl (C=O) groups is 2. The zero-order valence-electron chi connectivity index (χ0n) is 19.5. The normalized spacial score (nSPS) is 15.9. The van der Waals surface area contributed by atoms with Crippen LogP contribution in [0.4, 0.5) is 5.69 Å². The van der Waals surface area contributed by atoms with Gasteiger partial charge in [-0.1, -0.05) is 18.2 Å². The minimum Gasteiger partial charge on any atom is -0.375 e. The molecule has 2 aromatic rings. The third-order valence-electron chi connectivity index (χ3n) is 5.86. The maximum absolute atomic E-state index is 13.5. The summed E-state index contributed by atoms with van der Waals surface area (Å²) >= 11 is 0. The average molecular weight is 440 g/mol. The van der Waals surface area contributed by atoms with E-state index in [0.29, 0.717) is 36.9 Å². The predicted octanol–water partition coefficient (Wildman–Crippen LogP) is 2.52. The summed E-state index contributed by atoms with van der Waals surface area (Å²) in [5, 5.41) is 0. The van der Waals surface area contributed by atoms with Crippen LogP contribution in [0.15, 0.2) is 36.8 Å². The molecule has 32 heavy (non-hydrogen) atoms. The van der Waals surface area contributed by atoms with E-state index >= 15 is 0 Å². The molecule has 0 saturated carbocycles. The number of ether oxygens (including phenoxy) is 1. The van der Waals surface area contributed by atoms with Crippen LogP contribution in [0.3, 0.4) is 0 Å². The number of rotatable bonds is 4. The lowest BCUT2D eigenvalue weighted by Crippen LogP contribution is -2.41. The Morgan fingerprint density at radius 1 is 1.12 bits per heavy atom. The number of amides is 2. The van der Waals surface area contributed by atoms with Gasteiger partial charge in [-0.2, -0.15) is 0 Å². The van der Waals surface area contributed by atoms with E-state index in [1.165, 1.54) is 13.4 Å². The van der Waals surface area contributed by atoms with Crippen LogP contribution in [-0.4, -0.2) is 77.5 Å². The van der Waals surface area contributed by atoms with Crippen molar-refractivity contribution in [1.82, 2.24) is 19.8 Å². The monoisotopic (exact) mass is 439 g/mol. The number of fused-ring (bicyclic) bond motifs is 1. The number of anilines is 1. The Balaban J connectivity index is 2.01. The maximum Gasteiger partial charge on any atom is 0.257 e. The first-order valence-corrected chi connectivity index (χ1v) is 11.1. The summed E-state index contributed by atoms with van der Waals surface area (Å²) in [6.07, 6.45) is 3.87. The van der Waals surface area contributed by atoms with Crippen LogP contribution in [-0.2, 0) is 16.1 Å². The zero-order chi connectivity index (χ0) is 23.1. The van der Waals surface area contributed by atoms with Crippen molar-refractivity contribution in [1.29, 1.82) is 0 Å². The highest BCUT2D eigenvalue weighted by atomic mass is 16.5. The van der Waals surface area contributed by atoms with Gasteiger partial charge in [-0.3, -0.25) is 14.5 Å². The van der Waals surface area contributed by atoms with Crippen molar-refractivity contribution in [2.75, 3.05) is 44.8 Å². The summed E-state index contributed by atoms with van der Waals surface area (Å²) in [5.74, 6) is -0.184. The highest BCUT2D eigenvalue weighted by molar-refractivity contribution is 5.96. The molecule has 3 rings (SSSR count). The summed E-state index contributed by atoms with van der Waals surface area (Å²) in [6.45, 7) is 9.32. The van der Waals surface area contributed by atoms with E-state index in [0.717, 1.165) is 30.8 Å². The van der Waals surface area contributed by atoms with Crippen LogP contribution in [0.1, 0.15) is 41.9 Å². The third-order valence-corrected chi connectivity index (χ3v) is 5.86. The second kappa shape index (κ2) is 11.2. The summed E-state index contributed by atoms with van der Waals surface area (Å²) in [6, 6.07) is 8.13. The SMILES string of the molecule is COCC(=O)N1CCCN(C(C)C)CCN(C(=O)c2cncnc2C)Cc2ccccc21. The van der Waals surface area contributed by atoms with Crippen molar-refractivity contribution in [3.63, 3.8) is 0 Å². The molecule has 0 saturated heterocycles. The van der Waals surface area contributed by atoms with Gasteiger partial charge in [0.2, 0.25) is 0 Å². The molecule has 0 atom stereocenters. The van der Waals surface area contributed by atoms with Crippen molar-refractivity contribution in [3.8, 4) is 0 Å². The van der Waals surface area contributed by atoms with E-state index in [2.05, 4.69) is 28.7 Å². The Labute approximate surface area is 190 Å². The Bertz CT molecular complexity index is 933. The molecule has 2 amide bonds. The first-order valence-electron chi connectivity index (χ1n) is 11.1. The third kappa shape index (κ3) is 5.69. The van der Waals surface area contributed by atoms with E-state index in [9.17, 15) is 9.59 Å². The molecule has 1 aliphatic rings. The molecule has 0 N–H and O–H groups in total. The highest BCUT2D eigenvalue weighted by Crippen LogP contribution is 2.25. The Morgan fingerprint density at radius 3 is 2.62 bits per heavy atom. The largest absolute Gasteiger partial charge is 0.375 e. The molecule has 1 aromatic carbocycles. The van der Waals surface area contributed by atoms with E-state index in [4.69, 9.17) is 4.74 Å². The van der Waals surface area contributed by atoms with Crippen molar-refractivity contribution < 1.29 is 14.3 Å². The minimum atomic E-state index is -0.101. The maximum atomic E-state index is 13.5. The number of carbonyl (C=O) groups excluding carboxylic acids is 2. The van der Waals surface area contributed by atoms with Crippen molar-refractivity contribution in [2.45, 2.75) is 39.8 Å². The fourth-order valence-corrected chi connectivity index (χ4v) is 4.03. The standard InChI is InChI=1S/C24H33N5O3/c1-18(2)27-10-7-11-29(23(30)16-32-4)22-9-6-5-8-20(22)15-28(13-12-27)24(31)21-14-25-17-26-19(21)3/h5-6,8-9,14,17-18H,7,10-13,15-16H2,1-4H3. The topological polar surface area (TPSA) is 78.9 Å². The van der Waals surface area contributed by atoms with Crippen LogP contribution in [0.5, 0.6) is 0 Å². The number of aryl methyl sites for hydroxylation is 1.